The number of hydrogen-bond acceptors (Lipinski definition) is 3. The molecule has 1 fully saturated rings. The summed E-state index contributed by atoms with van der Waals surface area (Å²) in [6.07, 6.45) is 6.32. The smallest absolute Gasteiger partial charge is 0.409 e. The van der Waals surface area contributed by atoms with Crippen molar-refractivity contribution in [2.45, 2.75) is 51.5 Å². The van der Waals surface area contributed by atoms with Gasteiger partial charge in [0.2, 0.25) is 0 Å². The molecule has 0 radical (unpaired) electrons. The van der Waals surface area contributed by atoms with Crippen LogP contribution in [-0.2, 0) is 11.2 Å². The number of unbranched alkanes of at least 4 members (excludes halogenated alkanes) is 2. The number of nitrogens with zero attached hydrogens (tertiary/aromatic N) is 2. The van der Waals surface area contributed by atoms with Crippen LogP contribution in [0.15, 0.2) is 35.3 Å². The van der Waals surface area contributed by atoms with Crippen LogP contribution in [0.3, 0.4) is 0 Å². The highest BCUT2D eigenvalue weighted by Crippen LogP contribution is 2.11. The number of guanidine groups is 1. The van der Waals surface area contributed by atoms with Crippen LogP contribution >= 0.6 is 0 Å². The SMILES string of the molecule is CCOC(=O)N1CCC(NC(=NC)NCCCCCc2ccccc2)CC1. The van der Waals surface area contributed by atoms with Crippen molar-refractivity contribution in [2.75, 3.05) is 33.3 Å². The van der Waals surface area contributed by atoms with E-state index in [0.717, 1.165) is 51.3 Å². The second-order valence-corrected chi connectivity index (χ2v) is 6.90. The van der Waals surface area contributed by atoms with Gasteiger partial charge in [-0.2, -0.15) is 0 Å². The standard InChI is InChI=1S/C21H34N4O2/c1-3-27-21(26)25-16-13-19(14-17-25)24-20(22-2)23-15-9-5-8-12-18-10-6-4-7-11-18/h4,6-7,10-11,19H,3,5,8-9,12-17H2,1-2H3,(H2,22,23,24). The molecule has 6 nitrogen and oxygen atoms in total. The van der Waals surface area contributed by atoms with Crippen molar-refractivity contribution in [3.05, 3.63) is 35.9 Å². The van der Waals surface area contributed by atoms with Crippen LogP contribution in [0.2, 0.25) is 0 Å². The fourth-order valence-electron chi connectivity index (χ4n) is 3.29. The Bertz CT molecular complexity index is 569. The number of rotatable bonds is 8. The van der Waals surface area contributed by atoms with Gasteiger partial charge in [0.15, 0.2) is 5.96 Å². The number of aliphatic imine (C=N–C) groups is 1. The molecular formula is C21H34N4O2. The molecule has 2 rings (SSSR count). The maximum Gasteiger partial charge on any atom is 0.409 e. The number of ether oxygens (including phenoxy) is 1. The van der Waals surface area contributed by atoms with Crippen molar-refractivity contribution < 1.29 is 9.53 Å². The van der Waals surface area contributed by atoms with E-state index in [-0.39, 0.29) is 6.09 Å². The van der Waals surface area contributed by atoms with E-state index < -0.39 is 0 Å². The van der Waals surface area contributed by atoms with E-state index in [0.29, 0.717) is 12.6 Å². The number of amides is 1. The summed E-state index contributed by atoms with van der Waals surface area (Å²) in [6.45, 7) is 4.65. The van der Waals surface area contributed by atoms with Crippen molar-refractivity contribution >= 4 is 12.1 Å². The molecule has 1 saturated heterocycles. The average Bonchev–Trinajstić information content (AvgIpc) is 2.71. The minimum absolute atomic E-state index is 0.200. The van der Waals surface area contributed by atoms with Gasteiger partial charge in [0.05, 0.1) is 6.61 Å². The molecule has 1 aromatic carbocycles. The summed E-state index contributed by atoms with van der Waals surface area (Å²) in [5, 5.41) is 6.88. The van der Waals surface area contributed by atoms with E-state index in [1.54, 1.807) is 11.9 Å². The number of carbonyl (C=O) groups excluding carboxylic acids is 1. The Kier molecular flexibility index (Phi) is 9.52. The van der Waals surface area contributed by atoms with Crippen molar-refractivity contribution in [2.24, 2.45) is 4.99 Å². The summed E-state index contributed by atoms with van der Waals surface area (Å²) in [5.41, 5.74) is 1.41. The Hall–Kier alpha value is -2.24. The zero-order chi connectivity index (χ0) is 19.3. The largest absolute Gasteiger partial charge is 0.450 e. The van der Waals surface area contributed by atoms with Gasteiger partial charge in [-0.05, 0) is 44.6 Å². The van der Waals surface area contributed by atoms with Gasteiger partial charge in [0.1, 0.15) is 0 Å². The summed E-state index contributed by atoms with van der Waals surface area (Å²) in [6, 6.07) is 11.0. The van der Waals surface area contributed by atoms with Gasteiger partial charge in [-0.25, -0.2) is 4.79 Å². The number of likely N-dealkylation sites (tertiary alicyclic amines) is 1. The number of benzene rings is 1. The Morgan fingerprint density at radius 1 is 1.19 bits per heavy atom. The van der Waals surface area contributed by atoms with Crippen LogP contribution in [0.25, 0.3) is 0 Å². The molecule has 0 aliphatic carbocycles. The first kappa shape index (κ1) is 21.1. The first-order chi connectivity index (χ1) is 13.2. The van der Waals surface area contributed by atoms with Crippen LogP contribution in [0.4, 0.5) is 4.79 Å². The molecule has 0 spiro atoms. The highest BCUT2D eigenvalue weighted by molar-refractivity contribution is 5.80. The Morgan fingerprint density at radius 3 is 2.59 bits per heavy atom. The molecule has 0 aromatic heterocycles. The van der Waals surface area contributed by atoms with Gasteiger partial charge in [-0.3, -0.25) is 4.99 Å². The number of piperidine rings is 1. The maximum absolute atomic E-state index is 11.7. The van der Waals surface area contributed by atoms with E-state index in [2.05, 4.69) is 46.0 Å². The fraction of sp³-hybridized carbons (Fsp3) is 0.619. The molecule has 0 saturated carbocycles. The molecule has 1 aliphatic heterocycles. The first-order valence-electron chi connectivity index (χ1n) is 10.2. The van der Waals surface area contributed by atoms with Crippen molar-refractivity contribution in [1.82, 2.24) is 15.5 Å². The quantitative estimate of drug-likeness (QED) is 0.417. The molecule has 2 N–H and O–H groups in total. The predicted octanol–water partition coefficient (Wildman–Crippen LogP) is 3.19. The summed E-state index contributed by atoms with van der Waals surface area (Å²) < 4.78 is 5.06. The zero-order valence-corrected chi connectivity index (χ0v) is 16.7. The van der Waals surface area contributed by atoms with Gasteiger partial charge in [-0.1, -0.05) is 36.8 Å². The third kappa shape index (κ3) is 7.89. The molecule has 6 heteroatoms. The van der Waals surface area contributed by atoms with E-state index >= 15 is 0 Å². The number of nitrogens with one attached hydrogen (secondary N) is 2. The number of aryl methyl sites for hydroxylation is 1. The van der Waals surface area contributed by atoms with Crippen molar-refractivity contribution in [3.8, 4) is 0 Å². The highest BCUT2D eigenvalue weighted by Gasteiger charge is 2.23. The second kappa shape index (κ2) is 12.2. The molecule has 1 heterocycles. The van der Waals surface area contributed by atoms with Gasteiger partial charge in [0.25, 0.3) is 0 Å². The van der Waals surface area contributed by atoms with Crippen molar-refractivity contribution in [3.63, 3.8) is 0 Å². The number of hydrogen-bond donors (Lipinski definition) is 2. The van der Waals surface area contributed by atoms with Crippen LogP contribution in [0, 0.1) is 0 Å². The van der Waals surface area contributed by atoms with Gasteiger partial charge in [0, 0.05) is 32.7 Å². The second-order valence-electron chi connectivity index (χ2n) is 6.90. The lowest BCUT2D eigenvalue weighted by Crippen LogP contribution is -2.50. The summed E-state index contributed by atoms with van der Waals surface area (Å²) in [7, 11) is 1.80. The molecular weight excluding hydrogens is 340 g/mol. The van der Waals surface area contributed by atoms with Crippen LogP contribution in [0.1, 0.15) is 44.6 Å². The molecule has 1 amide bonds. The van der Waals surface area contributed by atoms with E-state index in [4.69, 9.17) is 4.74 Å². The predicted molar refractivity (Wildman–Crippen MR) is 110 cm³/mol. The molecule has 1 aliphatic rings. The monoisotopic (exact) mass is 374 g/mol. The van der Waals surface area contributed by atoms with E-state index in [1.807, 2.05) is 6.92 Å². The molecule has 1 aromatic rings. The molecule has 150 valence electrons. The zero-order valence-electron chi connectivity index (χ0n) is 16.7. The van der Waals surface area contributed by atoms with Gasteiger partial charge < -0.3 is 20.3 Å². The summed E-state index contributed by atoms with van der Waals surface area (Å²) in [5.74, 6) is 0.854. The normalized spacial score (nSPS) is 15.5. The Labute approximate surface area is 163 Å². The lowest BCUT2D eigenvalue weighted by Gasteiger charge is -2.32. The van der Waals surface area contributed by atoms with Crippen LogP contribution < -0.4 is 10.6 Å². The minimum Gasteiger partial charge on any atom is -0.450 e. The summed E-state index contributed by atoms with van der Waals surface area (Å²) in [4.78, 5) is 17.9. The molecule has 0 atom stereocenters. The summed E-state index contributed by atoms with van der Waals surface area (Å²) >= 11 is 0. The number of carbonyl (C=O) groups is 1. The molecule has 0 unspecified atom stereocenters. The van der Waals surface area contributed by atoms with Crippen LogP contribution in [0.5, 0.6) is 0 Å². The fourth-order valence-corrected chi connectivity index (χ4v) is 3.29. The minimum atomic E-state index is -0.200. The average molecular weight is 375 g/mol. The highest BCUT2D eigenvalue weighted by atomic mass is 16.6. The topological polar surface area (TPSA) is 66.0 Å². The molecule has 0 bridgehead atoms. The first-order valence-corrected chi connectivity index (χ1v) is 10.2. The van der Waals surface area contributed by atoms with E-state index in [9.17, 15) is 4.79 Å². The lowest BCUT2D eigenvalue weighted by molar-refractivity contribution is 0.0963. The third-order valence-electron chi connectivity index (χ3n) is 4.86. The lowest BCUT2D eigenvalue weighted by atomic mass is 10.1. The molecule has 27 heavy (non-hydrogen) atoms. The third-order valence-corrected chi connectivity index (χ3v) is 4.86. The van der Waals surface area contributed by atoms with Gasteiger partial charge in [-0.15, -0.1) is 0 Å². The Morgan fingerprint density at radius 2 is 1.93 bits per heavy atom. The van der Waals surface area contributed by atoms with Gasteiger partial charge >= 0.3 is 6.09 Å². The van der Waals surface area contributed by atoms with Crippen LogP contribution in [-0.4, -0.2) is 56.3 Å². The van der Waals surface area contributed by atoms with Crippen molar-refractivity contribution in [1.29, 1.82) is 0 Å². The Balaban J connectivity index is 1.56. The maximum atomic E-state index is 11.7. The van der Waals surface area contributed by atoms with E-state index in [1.165, 1.54) is 18.4 Å².